The summed E-state index contributed by atoms with van der Waals surface area (Å²) in [6.45, 7) is 0.474. The predicted molar refractivity (Wildman–Crippen MR) is 89.5 cm³/mol. The molecule has 2 heterocycles. The lowest BCUT2D eigenvalue weighted by Gasteiger charge is -2.08. The highest BCUT2D eigenvalue weighted by Gasteiger charge is 2.07. The van der Waals surface area contributed by atoms with Crippen LogP contribution in [0.2, 0.25) is 0 Å². The molecule has 0 aliphatic carbocycles. The number of H-pyrrole nitrogens is 1. The van der Waals surface area contributed by atoms with Gasteiger partial charge in [-0.15, -0.1) is 0 Å². The average molecular weight is 308 g/mol. The van der Waals surface area contributed by atoms with Crippen molar-refractivity contribution in [2.45, 2.75) is 6.42 Å². The van der Waals surface area contributed by atoms with Crippen LogP contribution in [-0.4, -0.2) is 22.5 Å². The molecule has 0 saturated heterocycles. The Morgan fingerprint density at radius 1 is 1.13 bits per heavy atom. The first-order chi connectivity index (χ1) is 11.2. The van der Waals surface area contributed by atoms with Crippen molar-refractivity contribution in [2.24, 2.45) is 0 Å². The first-order valence-electron chi connectivity index (χ1n) is 7.28. The normalized spacial score (nSPS) is 10.4. The van der Waals surface area contributed by atoms with Crippen molar-refractivity contribution in [1.29, 1.82) is 0 Å². The minimum atomic E-state index is -0.403. The molecule has 3 rings (SSSR count). The topological polar surface area (TPSA) is 86.9 Å². The third-order valence-corrected chi connectivity index (χ3v) is 3.49. The molecule has 116 valence electrons. The van der Waals surface area contributed by atoms with Gasteiger partial charge in [0.2, 0.25) is 5.43 Å². The molecule has 6 heteroatoms. The van der Waals surface area contributed by atoms with Crippen LogP contribution in [0.25, 0.3) is 10.9 Å². The van der Waals surface area contributed by atoms with E-state index >= 15 is 0 Å². The van der Waals surface area contributed by atoms with Crippen LogP contribution in [0.1, 0.15) is 5.56 Å². The van der Waals surface area contributed by atoms with Crippen LogP contribution >= 0.6 is 0 Å². The fraction of sp³-hybridized carbons (Fsp3) is 0.118. The zero-order chi connectivity index (χ0) is 16.1. The second-order valence-electron chi connectivity index (χ2n) is 5.06. The van der Waals surface area contributed by atoms with E-state index in [1.807, 2.05) is 24.3 Å². The van der Waals surface area contributed by atoms with Crippen molar-refractivity contribution in [1.82, 2.24) is 15.3 Å². The number of nitrogens with one attached hydrogen (secondary N) is 3. The summed E-state index contributed by atoms with van der Waals surface area (Å²) < 4.78 is 0. The molecule has 0 atom stereocenters. The van der Waals surface area contributed by atoms with Gasteiger partial charge in [0.05, 0.1) is 0 Å². The smallest absolute Gasteiger partial charge is 0.319 e. The van der Waals surface area contributed by atoms with Crippen LogP contribution in [0.4, 0.5) is 10.5 Å². The standard InChI is InChI=1S/C17H16N4O2/c22-16-13-3-1-2-4-14(13)20-11-15(16)21-17(23)19-10-7-12-5-8-18-9-6-12/h1-6,8-9,11H,7,10H2,(H,20,22)(H2,19,21,23). The maximum atomic E-state index is 12.3. The lowest BCUT2D eigenvalue weighted by Crippen LogP contribution is -2.32. The van der Waals surface area contributed by atoms with E-state index < -0.39 is 6.03 Å². The summed E-state index contributed by atoms with van der Waals surface area (Å²) in [5.74, 6) is 0. The number of carbonyl (C=O) groups excluding carboxylic acids is 1. The number of para-hydroxylation sites is 1. The SMILES string of the molecule is O=C(NCCc1ccncc1)Nc1c[nH]c2ccccc2c1=O. The summed E-state index contributed by atoms with van der Waals surface area (Å²) >= 11 is 0. The van der Waals surface area contributed by atoms with Gasteiger partial charge in [-0.3, -0.25) is 9.78 Å². The number of fused-ring (bicyclic) bond motifs is 1. The maximum Gasteiger partial charge on any atom is 0.319 e. The zero-order valence-electron chi connectivity index (χ0n) is 12.4. The van der Waals surface area contributed by atoms with Crippen molar-refractivity contribution in [3.05, 3.63) is 70.8 Å². The van der Waals surface area contributed by atoms with Crippen LogP contribution in [0.3, 0.4) is 0 Å². The van der Waals surface area contributed by atoms with Crippen LogP contribution in [-0.2, 0) is 6.42 Å². The van der Waals surface area contributed by atoms with Crippen molar-refractivity contribution in [3.8, 4) is 0 Å². The zero-order valence-corrected chi connectivity index (χ0v) is 12.4. The maximum absolute atomic E-state index is 12.3. The summed E-state index contributed by atoms with van der Waals surface area (Å²) in [6, 6.07) is 10.6. The van der Waals surface area contributed by atoms with Gasteiger partial charge < -0.3 is 15.6 Å². The monoisotopic (exact) mass is 308 g/mol. The predicted octanol–water partition coefficient (Wildman–Crippen LogP) is 2.29. The largest absolute Gasteiger partial charge is 0.359 e. The van der Waals surface area contributed by atoms with Crippen LogP contribution in [0.5, 0.6) is 0 Å². The molecule has 0 unspecified atom stereocenters. The lowest BCUT2D eigenvalue weighted by molar-refractivity contribution is 0.252. The molecule has 2 amide bonds. The molecule has 0 fully saturated rings. The Labute approximate surface area is 132 Å². The fourth-order valence-corrected chi connectivity index (χ4v) is 2.30. The number of pyridine rings is 2. The minimum absolute atomic E-state index is 0.205. The van der Waals surface area contributed by atoms with Crippen LogP contribution in [0, 0.1) is 0 Å². The van der Waals surface area contributed by atoms with E-state index in [0.29, 0.717) is 18.4 Å². The van der Waals surface area contributed by atoms with E-state index in [2.05, 4.69) is 20.6 Å². The highest BCUT2D eigenvalue weighted by atomic mass is 16.2. The molecule has 23 heavy (non-hydrogen) atoms. The van der Waals surface area contributed by atoms with E-state index in [9.17, 15) is 9.59 Å². The van der Waals surface area contributed by atoms with E-state index in [1.54, 1.807) is 24.5 Å². The molecular formula is C17H16N4O2. The minimum Gasteiger partial charge on any atom is -0.359 e. The molecule has 3 N–H and O–H groups in total. The molecule has 0 spiro atoms. The summed E-state index contributed by atoms with van der Waals surface area (Å²) in [5, 5.41) is 5.86. The van der Waals surface area contributed by atoms with Crippen molar-refractivity contribution in [3.63, 3.8) is 0 Å². The van der Waals surface area contributed by atoms with Crippen molar-refractivity contribution >= 4 is 22.6 Å². The summed E-state index contributed by atoms with van der Waals surface area (Å²) in [4.78, 5) is 31.1. The quantitative estimate of drug-likeness (QED) is 0.691. The molecule has 6 nitrogen and oxygen atoms in total. The molecule has 3 aromatic rings. The number of urea groups is 1. The van der Waals surface area contributed by atoms with E-state index in [1.165, 1.54) is 6.20 Å². The summed E-state index contributed by atoms with van der Waals surface area (Å²) in [7, 11) is 0. The molecular weight excluding hydrogens is 292 g/mol. The number of hydrogen-bond acceptors (Lipinski definition) is 3. The Morgan fingerprint density at radius 2 is 1.91 bits per heavy atom. The Kier molecular flexibility index (Phi) is 4.33. The molecule has 0 aliphatic rings. The van der Waals surface area contributed by atoms with Crippen LogP contribution < -0.4 is 16.1 Å². The van der Waals surface area contributed by atoms with Gasteiger partial charge in [0.15, 0.2) is 0 Å². The molecule has 1 aromatic carbocycles. The third-order valence-electron chi connectivity index (χ3n) is 3.49. The fourth-order valence-electron chi connectivity index (χ4n) is 2.30. The Balaban J connectivity index is 1.62. The number of hydrogen-bond donors (Lipinski definition) is 3. The number of nitrogens with zero attached hydrogens (tertiary/aromatic N) is 1. The molecule has 0 bridgehead atoms. The van der Waals surface area contributed by atoms with E-state index in [4.69, 9.17) is 0 Å². The summed E-state index contributed by atoms with van der Waals surface area (Å²) in [5.41, 5.74) is 1.85. The van der Waals surface area contributed by atoms with Gasteiger partial charge in [-0.1, -0.05) is 12.1 Å². The molecule has 0 saturated carbocycles. The van der Waals surface area contributed by atoms with Gasteiger partial charge in [-0.2, -0.15) is 0 Å². The summed E-state index contributed by atoms with van der Waals surface area (Å²) in [6.07, 6.45) is 5.63. The first-order valence-corrected chi connectivity index (χ1v) is 7.28. The number of amides is 2. The molecule has 0 radical (unpaired) electrons. The number of carbonyl (C=O) groups is 1. The number of aromatic amines is 1. The van der Waals surface area contributed by atoms with Crippen molar-refractivity contribution in [2.75, 3.05) is 11.9 Å². The Hall–Kier alpha value is -3.15. The Bertz CT molecular complexity index is 874. The number of rotatable bonds is 4. The first kappa shape index (κ1) is 14.8. The Morgan fingerprint density at radius 3 is 2.74 bits per heavy atom. The highest BCUT2D eigenvalue weighted by Crippen LogP contribution is 2.09. The highest BCUT2D eigenvalue weighted by molar-refractivity contribution is 5.91. The van der Waals surface area contributed by atoms with Crippen molar-refractivity contribution < 1.29 is 4.79 Å². The number of benzene rings is 1. The van der Waals surface area contributed by atoms with E-state index in [-0.39, 0.29) is 11.1 Å². The van der Waals surface area contributed by atoms with Gasteiger partial charge in [-0.25, -0.2) is 4.79 Å². The van der Waals surface area contributed by atoms with Crippen LogP contribution in [0.15, 0.2) is 59.8 Å². The molecule has 2 aromatic heterocycles. The molecule has 0 aliphatic heterocycles. The second-order valence-corrected chi connectivity index (χ2v) is 5.06. The number of anilines is 1. The number of aromatic nitrogens is 2. The van der Waals surface area contributed by atoms with Gasteiger partial charge in [0, 0.05) is 36.0 Å². The van der Waals surface area contributed by atoms with Gasteiger partial charge in [-0.05, 0) is 36.2 Å². The van der Waals surface area contributed by atoms with Gasteiger partial charge in [0.25, 0.3) is 0 Å². The van der Waals surface area contributed by atoms with Gasteiger partial charge in [0.1, 0.15) is 5.69 Å². The second kappa shape index (κ2) is 6.74. The van der Waals surface area contributed by atoms with E-state index in [0.717, 1.165) is 11.1 Å². The average Bonchev–Trinajstić information content (AvgIpc) is 2.59. The van der Waals surface area contributed by atoms with Gasteiger partial charge >= 0.3 is 6.03 Å². The lowest BCUT2D eigenvalue weighted by atomic mass is 10.2. The third kappa shape index (κ3) is 3.55.